The number of hydrogen-bond donors (Lipinski definition) is 0. The van der Waals surface area contributed by atoms with Crippen LogP contribution in [-0.4, -0.2) is 17.6 Å². The summed E-state index contributed by atoms with van der Waals surface area (Å²) in [5.74, 6) is -0.854. The molecule has 0 saturated heterocycles. The molecule has 0 atom stereocenters. The number of rotatable bonds is 4. The van der Waals surface area contributed by atoms with Gasteiger partial charge in [0, 0.05) is 22.0 Å². The van der Waals surface area contributed by atoms with Crippen molar-refractivity contribution in [3.05, 3.63) is 63.6 Å². The van der Waals surface area contributed by atoms with E-state index in [4.69, 9.17) is 28.0 Å². The number of hydrogen-bond acceptors (Lipinski definition) is 4. The molecule has 1 aliphatic heterocycles. The van der Waals surface area contributed by atoms with Crippen LogP contribution in [0.4, 0.5) is 5.69 Å². The van der Waals surface area contributed by atoms with Gasteiger partial charge in [-0.05, 0) is 23.8 Å². The van der Waals surface area contributed by atoms with Gasteiger partial charge in [0.25, 0.3) is 5.91 Å². The summed E-state index contributed by atoms with van der Waals surface area (Å²) < 4.78 is 0. The Morgan fingerprint density at radius 1 is 1.20 bits per heavy atom. The molecule has 1 amide bonds. The number of amides is 1. The number of carbonyl (C=O) groups excluding carboxylic acids is 2. The van der Waals surface area contributed by atoms with Gasteiger partial charge < -0.3 is 9.74 Å². The minimum Gasteiger partial charge on any atom is -0.317 e. The average Bonchev–Trinajstić information content (AvgIpc) is 2.87. The van der Waals surface area contributed by atoms with Crippen molar-refractivity contribution in [3.8, 4) is 0 Å². The Balaban J connectivity index is 1.95. The first-order valence-corrected chi connectivity index (χ1v) is 8.40. The smallest absolute Gasteiger partial charge is 0.317 e. The molecule has 1 aliphatic rings. The fraction of sp³-hybridized carbons (Fsp3) is 0.167. The zero-order valence-electron chi connectivity index (χ0n) is 13.3. The molecule has 0 bridgehead atoms. The van der Waals surface area contributed by atoms with Gasteiger partial charge in [0.1, 0.15) is 0 Å². The van der Waals surface area contributed by atoms with Crippen molar-refractivity contribution in [2.75, 3.05) is 4.90 Å². The lowest BCUT2D eigenvalue weighted by Crippen LogP contribution is -2.30. The highest BCUT2D eigenvalue weighted by Gasteiger charge is 2.35. The summed E-state index contributed by atoms with van der Waals surface area (Å²) in [6.45, 7) is 1.91. The van der Waals surface area contributed by atoms with E-state index in [2.05, 4.69) is 5.16 Å². The van der Waals surface area contributed by atoms with Crippen LogP contribution < -0.4 is 4.90 Å². The Morgan fingerprint density at radius 2 is 1.96 bits per heavy atom. The normalized spacial score (nSPS) is 14.8. The van der Waals surface area contributed by atoms with Crippen molar-refractivity contribution in [2.45, 2.75) is 19.9 Å². The lowest BCUT2D eigenvalue weighted by Gasteiger charge is -2.17. The summed E-state index contributed by atoms with van der Waals surface area (Å²) in [5, 5.41) is 4.76. The molecular formula is C18H14Cl2N2O3. The molecule has 0 N–H and O–H groups in total. The van der Waals surface area contributed by atoms with Crippen molar-refractivity contribution in [1.29, 1.82) is 0 Å². The highest BCUT2D eigenvalue weighted by Crippen LogP contribution is 2.32. The van der Waals surface area contributed by atoms with Crippen molar-refractivity contribution in [1.82, 2.24) is 0 Å². The molecule has 0 aliphatic carbocycles. The quantitative estimate of drug-likeness (QED) is 0.593. The zero-order chi connectivity index (χ0) is 18.0. The van der Waals surface area contributed by atoms with Crippen molar-refractivity contribution in [3.63, 3.8) is 0 Å². The van der Waals surface area contributed by atoms with Crippen LogP contribution in [0.1, 0.15) is 24.5 Å². The van der Waals surface area contributed by atoms with E-state index in [0.717, 1.165) is 5.56 Å². The van der Waals surface area contributed by atoms with Crippen LogP contribution in [0.3, 0.4) is 0 Å². The first kappa shape index (κ1) is 17.5. The van der Waals surface area contributed by atoms with Gasteiger partial charge in [-0.1, -0.05) is 59.5 Å². The topological polar surface area (TPSA) is 59.0 Å². The third-order valence-electron chi connectivity index (χ3n) is 3.77. The van der Waals surface area contributed by atoms with E-state index >= 15 is 0 Å². The van der Waals surface area contributed by atoms with E-state index in [1.165, 1.54) is 0 Å². The van der Waals surface area contributed by atoms with Gasteiger partial charge in [0.2, 0.25) is 0 Å². The van der Waals surface area contributed by atoms with Crippen LogP contribution in [0, 0.1) is 0 Å². The number of nitrogens with zero attached hydrogens (tertiary/aromatic N) is 2. The molecule has 2 aromatic carbocycles. The lowest BCUT2D eigenvalue weighted by molar-refractivity contribution is -0.143. The highest BCUT2D eigenvalue weighted by molar-refractivity contribution is 6.54. The zero-order valence-corrected chi connectivity index (χ0v) is 14.8. The van der Waals surface area contributed by atoms with Crippen LogP contribution in [-0.2, 0) is 21.0 Å². The van der Waals surface area contributed by atoms with E-state index in [0.29, 0.717) is 21.3 Å². The van der Waals surface area contributed by atoms with E-state index in [-0.39, 0.29) is 24.6 Å². The molecule has 5 nitrogen and oxygen atoms in total. The first-order chi connectivity index (χ1) is 12.0. The van der Waals surface area contributed by atoms with E-state index in [1.807, 2.05) is 6.07 Å². The van der Waals surface area contributed by atoms with Crippen molar-refractivity contribution >= 4 is 46.5 Å². The number of para-hydroxylation sites is 1. The molecule has 25 heavy (non-hydrogen) atoms. The number of carbonyl (C=O) groups is 2. The Morgan fingerprint density at radius 3 is 2.68 bits per heavy atom. The molecule has 0 spiro atoms. The van der Waals surface area contributed by atoms with E-state index in [1.54, 1.807) is 48.2 Å². The summed E-state index contributed by atoms with van der Waals surface area (Å²) >= 11 is 12.1. The maximum atomic E-state index is 12.8. The molecule has 2 aromatic rings. The van der Waals surface area contributed by atoms with Gasteiger partial charge in [-0.15, -0.1) is 0 Å². The van der Waals surface area contributed by atoms with Crippen LogP contribution in [0.25, 0.3) is 0 Å². The molecule has 0 aromatic heterocycles. The van der Waals surface area contributed by atoms with Crippen LogP contribution >= 0.6 is 23.2 Å². The van der Waals surface area contributed by atoms with Gasteiger partial charge in [-0.25, -0.2) is 4.79 Å². The summed E-state index contributed by atoms with van der Waals surface area (Å²) in [6, 6.07) is 12.3. The van der Waals surface area contributed by atoms with Crippen molar-refractivity contribution in [2.24, 2.45) is 5.16 Å². The predicted molar refractivity (Wildman–Crippen MR) is 97.0 cm³/mol. The van der Waals surface area contributed by atoms with Gasteiger partial charge in [-0.2, -0.15) is 0 Å². The largest absolute Gasteiger partial charge is 0.334 e. The fourth-order valence-electron chi connectivity index (χ4n) is 2.49. The molecular weight excluding hydrogens is 363 g/mol. The summed E-state index contributed by atoms with van der Waals surface area (Å²) in [6.07, 6.45) is 0.177. The number of fused-ring (bicyclic) bond motifs is 1. The second kappa shape index (κ2) is 7.25. The summed E-state index contributed by atoms with van der Waals surface area (Å²) in [4.78, 5) is 30.5. The molecule has 7 heteroatoms. The predicted octanol–water partition coefficient (Wildman–Crippen LogP) is 4.20. The Kier molecular flexibility index (Phi) is 5.06. The first-order valence-electron chi connectivity index (χ1n) is 7.64. The van der Waals surface area contributed by atoms with Crippen LogP contribution in [0.5, 0.6) is 0 Å². The van der Waals surface area contributed by atoms with E-state index in [9.17, 15) is 9.59 Å². The van der Waals surface area contributed by atoms with Gasteiger partial charge >= 0.3 is 5.97 Å². The highest BCUT2D eigenvalue weighted by atomic mass is 35.5. The molecule has 0 fully saturated rings. The minimum atomic E-state index is -0.503. The van der Waals surface area contributed by atoms with Gasteiger partial charge in [0.15, 0.2) is 5.71 Å². The maximum absolute atomic E-state index is 12.8. The Labute approximate surface area is 154 Å². The molecule has 3 rings (SSSR count). The van der Waals surface area contributed by atoms with Gasteiger partial charge in [0.05, 0.1) is 12.2 Å². The number of halogens is 2. The Hall–Kier alpha value is -2.37. The second-order valence-corrected chi connectivity index (χ2v) is 6.24. The standard InChI is InChI=1S/C18H14Cl2N2O3/c1-2-16(23)25-21-17-13-5-3-4-6-15(13)22(18(17)24)10-11-7-8-12(19)9-14(11)20/h3-9H,2,10H2,1H3/b21-17+. The third kappa shape index (κ3) is 3.52. The second-order valence-electron chi connectivity index (χ2n) is 5.40. The maximum Gasteiger partial charge on any atom is 0.334 e. The fourth-order valence-corrected chi connectivity index (χ4v) is 2.96. The van der Waals surface area contributed by atoms with Crippen LogP contribution in [0.2, 0.25) is 10.0 Å². The summed E-state index contributed by atoms with van der Waals surface area (Å²) in [5.41, 5.74) is 2.15. The Bertz CT molecular complexity index is 880. The SMILES string of the molecule is CCC(=O)O/N=C1/C(=O)N(Cc2ccc(Cl)cc2Cl)c2ccccc21. The monoisotopic (exact) mass is 376 g/mol. The molecule has 128 valence electrons. The molecule has 0 radical (unpaired) electrons. The molecule has 1 heterocycles. The summed E-state index contributed by atoms with van der Waals surface area (Å²) in [7, 11) is 0. The number of benzene rings is 2. The van der Waals surface area contributed by atoms with Gasteiger partial charge in [-0.3, -0.25) is 4.79 Å². The van der Waals surface area contributed by atoms with Crippen LogP contribution in [0.15, 0.2) is 47.6 Å². The third-order valence-corrected chi connectivity index (χ3v) is 4.36. The average molecular weight is 377 g/mol. The molecule has 0 saturated carbocycles. The minimum absolute atomic E-state index is 0.0995. The van der Waals surface area contributed by atoms with Crippen molar-refractivity contribution < 1.29 is 14.4 Å². The number of anilines is 1. The lowest BCUT2D eigenvalue weighted by atomic mass is 10.1. The number of oxime groups is 1. The van der Waals surface area contributed by atoms with E-state index < -0.39 is 5.97 Å². The molecule has 0 unspecified atom stereocenters.